The topological polar surface area (TPSA) is 71.5 Å². The number of aliphatic hydroxyl groups is 1. The van der Waals surface area contributed by atoms with E-state index in [1.807, 2.05) is 50.2 Å². The van der Waals surface area contributed by atoms with Crippen molar-refractivity contribution in [1.82, 2.24) is 9.47 Å². The van der Waals surface area contributed by atoms with Gasteiger partial charge in [-0.2, -0.15) is 0 Å². The summed E-state index contributed by atoms with van der Waals surface area (Å²) in [6, 6.07) is 7.96. The molecular weight excluding hydrogens is 278 g/mol. The first-order valence-electron chi connectivity index (χ1n) is 7.28. The minimum absolute atomic E-state index is 0.461. The van der Waals surface area contributed by atoms with E-state index in [-0.39, 0.29) is 0 Å². The monoisotopic (exact) mass is 301 g/mol. The second-order valence-electron chi connectivity index (χ2n) is 5.78. The molecule has 0 bridgehead atoms. The second-order valence-corrected chi connectivity index (χ2v) is 5.78. The smallest absolute Gasteiger partial charge is 0.241 e. The number of hydrogen-bond acceptors (Lipinski definition) is 3. The summed E-state index contributed by atoms with van der Waals surface area (Å²) >= 11 is 0. The highest BCUT2D eigenvalue weighted by Gasteiger charge is 2.15. The average Bonchev–Trinajstić information content (AvgIpc) is 2.69. The van der Waals surface area contributed by atoms with Gasteiger partial charge >= 0.3 is 0 Å². The van der Waals surface area contributed by atoms with Crippen LogP contribution in [0.15, 0.2) is 30.3 Å². The predicted octanol–water partition coefficient (Wildman–Crippen LogP) is 1.37. The van der Waals surface area contributed by atoms with E-state index in [1.165, 1.54) is 6.08 Å². The van der Waals surface area contributed by atoms with Crippen LogP contribution in [0.1, 0.15) is 11.3 Å². The number of nitrogens with two attached hydrogens (primary N) is 1. The number of primary amides is 1. The van der Waals surface area contributed by atoms with Crippen LogP contribution in [0.3, 0.4) is 0 Å². The molecule has 0 aliphatic carbocycles. The van der Waals surface area contributed by atoms with Gasteiger partial charge in [0.1, 0.15) is 0 Å². The minimum Gasteiger partial charge on any atom is -0.390 e. The van der Waals surface area contributed by atoms with Crippen LogP contribution in [0.5, 0.6) is 0 Å². The standard InChI is InChI=1S/C17H23N3O2/c1-12-14(8-9-17(18)22)15-6-4-5-7-16(15)20(12)11-13(21)10-19(2)3/h4-9,13,21H,10-11H2,1-3H3,(H2,18,22)/b9-8+. The molecule has 1 atom stereocenters. The zero-order chi connectivity index (χ0) is 16.3. The third-order valence-corrected chi connectivity index (χ3v) is 3.66. The minimum atomic E-state index is -0.469. The number of aliphatic hydroxyl groups excluding tert-OH is 1. The quantitative estimate of drug-likeness (QED) is 0.792. The highest BCUT2D eigenvalue weighted by Crippen LogP contribution is 2.27. The molecule has 2 rings (SSSR count). The van der Waals surface area contributed by atoms with Crippen molar-refractivity contribution in [3.63, 3.8) is 0 Å². The molecule has 3 N–H and O–H groups in total. The molecule has 1 heterocycles. The van der Waals surface area contributed by atoms with E-state index in [9.17, 15) is 9.90 Å². The number of amides is 1. The van der Waals surface area contributed by atoms with Crippen molar-refractivity contribution in [2.45, 2.75) is 19.6 Å². The normalized spacial score (nSPS) is 13.3. The second kappa shape index (κ2) is 6.77. The van der Waals surface area contributed by atoms with Gasteiger partial charge in [0, 0.05) is 34.8 Å². The number of nitrogens with zero attached hydrogens (tertiary/aromatic N) is 2. The summed E-state index contributed by atoms with van der Waals surface area (Å²) in [5, 5.41) is 11.3. The summed E-state index contributed by atoms with van der Waals surface area (Å²) in [5.74, 6) is -0.469. The van der Waals surface area contributed by atoms with Gasteiger partial charge in [-0.05, 0) is 33.2 Å². The van der Waals surface area contributed by atoms with Crippen LogP contribution in [0.25, 0.3) is 17.0 Å². The third-order valence-electron chi connectivity index (χ3n) is 3.66. The van der Waals surface area contributed by atoms with Gasteiger partial charge < -0.3 is 20.3 Å². The van der Waals surface area contributed by atoms with Crippen molar-refractivity contribution >= 4 is 22.9 Å². The van der Waals surface area contributed by atoms with Crippen LogP contribution in [-0.2, 0) is 11.3 Å². The third kappa shape index (κ3) is 3.55. The van der Waals surface area contributed by atoms with Gasteiger partial charge in [0.15, 0.2) is 0 Å². The molecule has 5 nitrogen and oxygen atoms in total. The zero-order valence-electron chi connectivity index (χ0n) is 13.3. The molecule has 0 fully saturated rings. The Morgan fingerprint density at radius 1 is 1.41 bits per heavy atom. The molecule has 118 valence electrons. The van der Waals surface area contributed by atoms with E-state index >= 15 is 0 Å². The van der Waals surface area contributed by atoms with Crippen LogP contribution in [-0.4, -0.2) is 47.2 Å². The van der Waals surface area contributed by atoms with E-state index < -0.39 is 12.0 Å². The van der Waals surface area contributed by atoms with Crippen molar-refractivity contribution in [2.75, 3.05) is 20.6 Å². The molecule has 1 aromatic heterocycles. The van der Waals surface area contributed by atoms with Crippen LogP contribution < -0.4 is 5.73 Å². The Bertz CT molecular complexity index is 701. The fourth-order valence-corrected chi connectivity index (χ4v) is 2.76. The number of carbonyl (C=O) groups is 1. The molecule has 0 saturated heterocycles. The molecule has 5 heteroatoms. The number of likely N-dealkylation sites (N-methyl/N-ethyl adjacent to an activating group) is 1. The lowest BCUT2D eigenvalue weighted by Crippen LogP contribution is -2.29. The van der Waals surface area contributed by atoms with E-state index in [0.717, 1.165) is 22.2 Å². The number of aromatic nitrogens is 1. The van der Waals surface area contributed by atoms with Crippen LogP contribution >= 0.6 is 0 Å². The maximum atomic E-state index is 11.0. The molecule has 2 aromatic rings. The Morgan fingerprint density at radius 2 is 2.09 bits per heavy atom. The fraction of sp³-hybridized carbons (Fsp3) is 0.353. The van der Waals surface area contributed by atoms with Crippen LogP contribution in [0.2, 0.25) is 0 Å². The van der Waals surface area contributed by atoms with Crippen LogP contribution in [0.4, 0.5) is 0 Å². The van der Waals surface area contributed by atoms with E-state index in [0.29, 0.717) is 13.1 Å². The molecule has 22 heavy (non-hydrogen) atoms. The number of hydrogen-bond donors (Lipinski definition) is 2. The lowest BCUT2D eigenvalue weighted by molar-refractivity contribution is -0.113. The van der Waals surface area contributed by atoms with Gasteiger partial charge in [-0.3, -0.25) is 4.79 Å². The fourth-order valence-electron chi connectivity index (χ4n) is 2.76. The van der Waals surface area contributed by atoms with Crippen molar-refractivity contribution in [3.05, 3.63) is 41.6 Å². The molecular formula is C17H23N3O2. The number of fused-ring (bicyclic) bond motifs is 1. The Kier molecular flexibility index (Phi) is 5.00. The Balaban J connectivity index is 2.46. The Hall–Kier alpha value is -2.11. The van der Waals surface area contributed by atoms with Crippen molar-refractivity contribution in [1.29, 1.82) is 0 Å². The highest BCUT2D eigenvalue weighted by atomic mass is 16.3. The zero-order valence-corrected chi connectivity index (χ0v) is 13.3. The van der Waals surface area contributed by atoms with Gasteiger partial charge in [0.2, 0.25) is 5.91 Å². The summed E-state index contributed by atoms with van der Waals surface area (Å²) in [5.41, 5.74) is 8.22. The molecule has 0 aliphatic rings. The first-order chi connectivity index (χ1) is 10.4. The summed E-state index contributed by atoms with van der Waals surface area (Å²) in [4.78, 5) is 13.0. The number of carbonyl (C=O) groups excluding carboxylic acids is 1. The molecule has 0 aliphatic heterocycles. The van der Waals surface area contributed by atoms with Gasteiger partial charge in [0.25, 0.3) is 0 Å². The van der Waals surface area contributed by atoms with Crippen molar-refractivity contribution < 1.29 is 9.90 Å². The van der Waals surface area contributed by atoms with Gasteiger partial charge in [0.05, 0.1) is 12.6 Å². The molecule has 1 unspecified atom stereocenters. The summed E-state index contributed by atoms with van der Waals surface area (Å²) in [7, 11) is 3.87. The van der Waals surface area contributed by atoms with Gasteiger partial charge in [-0.25, -0.2) is 0 Å². The molecule has 1 aromatic carbocycles. The predicted molar refractivity (Wildman–Crippen MR) is 89.5 cm³/mol. The molecule has 0 saturated carbocycles. The number of benzene rings is 1. The lowest BCUT2D eigenvalue weighted by Gasteiger charge is -2.18. The Labute approximate surface area is 130 Å². The first kappa shape index (κ1) is 16.3. The first-order valence-corrected chi connectivity index (χ1v) is 7.28. The maximum Gasteiger partial charge on any atom is 0.241 e. The lowest BCUT2D eigenvalue weighted by atomic mass is 10.1. The molecule has 0 radical (unpaired) electrons. The van der Waals surface area contributed by atoms with Gasteiger partial charge in [-0.1, -0.05) is 18.2 Å². The maximum absolute atomic E-state index is 11.0. The molecule has 1 amide bonds. The van der Waals surface area contributed by atoms with E-state index in [2.05, 4.69) is 4.57 Å². The Morgan fingerprint density at radius 3 is 2.73 bits per heavy atom. The SMILES string of the molecule is Cc1c(/C=C/C(N)=O)c2ccccc2n1CC(O)CN(C)C. The summed E-state index contributed by atoms with van der Waals surface area (Å²) in [6.07, 6.45) is 2.65. The summed E-state index contributed by atoms with van der Waals surface area (Å²) < 4.78 is 2.09. The highest BCUT2D eigenvalue weighted by molar-refractivity contribution is 5.96. The summed E-state index contributed by atoms with van der Waals surface area (Å²) in [6.45, 7) is 3.09. The van der Waals surface area contributed by atoms with Crippen molar-refractivity contribution in [2.24, 2.45) is 5.73 Å². The van der Waals surface area contributed by atoms with E-state index in [4.69, 9.17) is 5.73 Å². The van der Waals surface area contributed by atoms with Crippen molar-refractivity contribution in [3.8, 4) is 0 Å². The number of para-hydroxylation sites is 1. The van der Waals surface area contributed by atoms with Gasteiger partial charge in [-0.15, -0.1) is 0 Å². The number of rotatable bonds is 6. The largest absolute Gasteiger partial charge is 0.390 e. The average molecular weight is 301 g/mol. The van der Waals surface area contributed by atoms with E-state index in [1.54, 1.807) is 6.08 Å². The molecule has 0 spiro atoms. The van der Waals surface area contributed by atoms with Crippen LogP contribution in [0, 0.1) is 6.92 Å².